The third-order valence-corrected chi connectivity index (χ3v) is 6.23. The van der Waals surface area contributed by atoms with Gasteiger partial charge in [-0.3, -0.25) is 4.79 Å². The molecule has 0 radical (unpaired) electrons. The first-order valence-corrected chi connectivity index (χ1v) is 10.4. The summed E-state index contributed by atoms with van der Waals surface area (Å²) in [5.74, 6) is 0.734. The summed E-state index contributed by atoms with van der Waals surface area (Å²) in [5.41, 5.74) is 1.32. The smallest absolute Gasteiger partial charge is 0.246 e. The average Bonchev–Trinajstić information content (AvgIpc) is 2.72. The van der Waals surface area contributed by atoms with Crippen molar-refractivity contribution >= 4 is 51.7 Å². The SMILES string of the molecule is C=CC(=O)N1CC(Sc2cc3c(Nc4ccc(F)c(Cl)c4)ncnc3cc2OC)C1. The quantitative estimate of drug-likeness (QED) is 0.557. The number of likely N-dealkylation sites (tertiary alicyclic amines) is 1. The Hall–Kier alpha value is -2.84. The number of methoxy groups -OCH3 is 1. The highest BCUT2D eigenvalue weighted by atomic mass is 35.5. The molecule has 0 spiro atoms. The summed E-state index contributed by atoms with van der Waals surface area (Å²) < 4.78 is 19.0. The third-order valence-electron chi connectivity index (χ3n) is 4.73. The third kappa shape index (κ3) is 4.06. The van der Waals surface area contributed by atoms with E-state index < -0.39 is 5.82 Å². The molecule has 1 aliphatic heterocycles. The lowest BCUT2D eigenvalue weighted by Crippen LogP contribution is -2.51. The number of benzene rings is 2. The second-order valence-electron chi connectivity index (χ2n) is 6.68. The lowest BCUT2D eigenvalue weighted by molar-refractivity contribution is -0.128. The topological polar surface area (TPSA) is 67.4 Å². The molecule has 0 bridgehead atoms. The lowest BCUT2D eigenvalue weighted by Gasteiger charge is -2.38. The van der Waals surface area contributed by atoms with Gasteiger partial charge in [-0.25, -0.2) is 14.4 Å². The summed E-state index contributed by atoms with van der Waals surface area (Å²) in [6.07, 6.45) is 2.78. The van der Waals surface area contributed by atoms with Crippen LogP contribution in [0.5, 0.6) is 5.75 Å². The fourth-order valence-corrected chi connectivity index (χ4v) is 4.62. The van der Waals surface area contributed by atoms with E-state index in [1.54, 1.807) is 29.8 Å². The second-order valence-corrected chi connectivity index (χ2v) is 8.43. The number of rotatable bonds is 6. The van der Waals surface area contributed by atoms with E-state index in [1.165, 1.54) is 24.5 Å². The van der Waals surface area contributed by atoms with Gasteiger partial charge in [0.2, 0.25) is 5.91 Å². The van der Waals surface area contributed by atoms with Crippen LogP contribution in [0.1, 0.15) is 0 Å². The molecule has 4 rings (SSSR count). The van der Waals surface area contributed by atoms with Gasteiger partial charge in [0.05, 0.1) is 22.5 Å². The van der Waals surface area contributed by atoms with E-state index >= 15 is 0 Å². The van der Waals surface area contributed by atoms with Crippen LogP contribution >= 0.6 is 23.4 Å². The zero-order chi connectivity index (χ0) is 21.3. The first kappa shape index (κ1) is 20.4. The Kier molecular flexibility index (Phi) is 5.78. The van der Waals surface area contributed by atoms with Crippen molar-refractivity contribution in [1.82, 2.24) is 14.9 Å². The number of nitrogens with one attached hydrogen (secondary N) is 1. The summed E-state index contributed by atoms with van der Waals surface area (Å²) in [5, 5.41) is 4.25. The summed E-state index contributed by atoms with van der Waals surface area (Å²) >= 11 is 7.53. The number of hydrogen-bond donors (Lipinski definition) is 1. The highest BCUT2D eigenvalue weighted by Gasteiger charge is 2.31. The zero-order valence-corrected chi connectivity index (χ0v) is 17.6. The molecule has 2 aromatic carbocycles. The maximum absolute atomic E-state index is 13.5. The summed E-state index contributed by atoms with van der Waals surface area (Å²) in [7, 11) is 1.61. The normalized spacial score (nSPS) is 13.8. The number of aromatic nitrogens is 2. The van der Waals surface area contributed by atoms with E-state index in [2.05, 4.69) is 21.9 Å². The van der Waals surface area contributed by atoms with Crippen molar-refractivity contribution in [3.05, 3.63) is 60.2 Å². The monoisotopic (exact) mass is 444 g/mol. The Balaban J connectivity index is 1.63. The molecule has 6 nitrogen and oxygen atoms in total. The molecule has 1 fully saturated rings. The largest absolute Gasteiger partial charge is 0.496 e. The van der Waals surface area contributed by atoms with Gasteiger partial charge in [0, 0.05) is 35.5 Å². The molecule has 1 saturated heterocycles. The van der Waals surface area contributed by atoms with Crippen LogP contribution in [0.3, 0.4) is 0 Å². The van der Waals surface area contributed by atoms with Gasteiger partial charge in [0.1, 0.15) is 23.7 Å². The Morgan fingerprint density at radius 3 is 2.87 bits per heavy atom. The van der Waals surface area contributed by atoms with Gasteiger partial charge in [0.25, 0.3) is 0 Å². The Morgan fingerprint density at radius 1 is 1.37 bits per heavy atom. The fraction of sp³-hybridized carbons (Fsp3) is 0.190. The Labute approximate surface area is 182 Å². The summed E-state index contributed by atoms with van der Waals surface area (Å²) in [6.45, 7) is 4.83. The highest BCUT2D eigenvalue weighted by Crippen LogP contribution is 2.39. The van der Waals surface area contributed by atoms with E-state index in [4.69, 9.17) is 16.3 Å². The number of carbonyl (C=O) groups excluding carboxylic acids is 1. The van der Waals surface area contributed by atoms with Gasteiger partial charge in [-0.05, 0) is 30.3 Å². The van der Waals surface area contributed by atoms with Gasteiger partial charge in [0.15, 0.2) is 0 Å². The average molecular weight is 445 g/mol. The van der Waals surface area contributed by atoms with Crippen LogP contribution in [0.15, 0.2) is 54.2 Å². The first-order valence-electron chi connectivity index (χ1n) is 9.11. The maximum atomic E-state index is 13.5. The number of hydrogen-bond acceptors (Lipinski definition) is 6. The summed E-state index contributed by atoms with van der Waals surface area (Å²) in [4.78, 5) is 23.0. The molecule has 0 atom stereocenters. The predicted octanol–water partition coefficient (Wildman–Crippen LogP) is 4.66. The molecule has 0 saturated carbocycles. The van der Waals surface area contributed by atoms with Crippen LogP contribution in [-0.4, -0.2) is 46.2 Å². The fourth-order valence-electron chi connectivity index (χ4n) is 3.13. The van der Waals surface area contributed by atoms with Crippen molar-refractivity contribution in [1.29, 1.82) is 0 Å². The lowest BCUT2D eigenvalue weighted by atomic mass is 10.2. The molecular weight excluding hydrogens is 427 g/mol. The number of thioether (sulfide) groups is 1. The number of halogens is 2. The Bertz CT molecular complexity index is 1140. The van der Waals surface area contributed by atoms with Gasteiger partial charge < -0.3 is 15.0 Å². The number of amides is 1. The van der Waals surface area contributed by atoms with E-state index in [-0.39, 0.29) is 16.2 Å². The molecule has 2 heterocycles. The van der Waals surface area contributed by atoms with Crippen molar-refractivity contribution in [3.8, 4) is 5.75 Å². The van der Waals surface area contributed by atoms with Crippen LogP contribution in [0.4, 0.5) is 15.9 Å². The van der Waals surface area contributed by atoms with Crippen molar-refractivity contribution in [2.24, 2.45) is 0 Å². The van der Waals surface area contributed by atoms with Crippen LogP contribution in [0, 0.1) is 5.82 Å². The van der Waals surface area contributed by atoms with Crippen LogP contribution in [0.25, 0.3) is 10.9 Å². The number of fused-ring (bicyclic) bond motifs is 1. The van der Waals surface area contributed by atoms with Crippen LogP contribution in [0.2, 0.25) is 5.02 Å². The van der Waals surface area contributed by atoms with Crippen molar-refractivity contribution in [2.75, 3.05) is 25.5 Å². The van der Waals surface area contributed by atoms with E-state index in [9.17, 15) is 9.18 Å². The van der Waals surface area contributed by atoms with Crippen molar-refractivity contribution in [2.45, 2.75) is 10.1 Å². The molecule has 9 heteroatoms. The molecular formula is C21H18ClFN4O2S. The van der Waals surface area contributed by atoms with Crippen LogP contribution < -0.4 is 10.1 Å². The van der Waals surface area contributed by atoms with Crippen molar-refractivity contribution < 1.29 is 13.9 Å². The minimum atomic E-state index is -0.484. The molecule has 154 valence electrons. The molecule has 3 aromatic rings. The maximum Gasteiger partial charge on any atom is 0.246 e. The predicted molar refractivity (Wildman–Crippen MR) is 117 cm³/mol. The molecule has 30 heavy (non-hydrogen) atoms. The first-order chi connectivity index (χ1) is 14.5. The molecule has 0 unspecified atom stereocenters. The van der Waals surface area contributed by atoms with Gasteiger partial charge in [-0.2, -0.15) is 0 Å². The zero-order valence-electron chi connectivity index (χ0n) is 16.1. The molecule has 1 aromatic heterocycles. The minimum Gasteiger partial charge on any atom is -0.496 e. The number of carbonyl (C=O) groups is 1. The highest BCUT2D eigenvalue weighted by molar-refractivity contribution is 8.00. The van der Waals surface area contributed by atoms with Gasteiger partial charge in [-0.1, -0.05) is 18.2 Å². The standard InChI is InChI=1S/C21H18ClFN4O2S/c1-3-20(28)27-9-13(10-27)30-19-7-14-17(8-18(19)29-2)24-11-25-21(14)26-12-4-5-16(23)15(22)6-12/h3-8,11,13H,1,9-10H2,2H3,(H,24,25,26). The van der Waals surface area contributed by atoms with Crippen LogP contribution in [-0.2, 0) is 4.79 Å². The van der Waals surface area contributed by atoms with Gasteiger partial charge in [-0.15, -0.1) is 11.8 Å². The Morgan fingerprint density at radius 2 is 2.17 bits per heavy atom. The summed E-state index contributed by atoms with van der Waals surface area (Å²) in [6, 6.07) is 8.21. The van der Waals surface area contributed by atoms with E-state index in [0.717, 1.165) is 10.3 Å². The van der Waals surface area contributed by atoms with E-state index in [0.29, 0.717) is 35.9 Å². The number of ether oxygens (including phenoxy) is 1. The minimum absolute atomic E-state index is 0.0277. The number of nitrogens with zero attached hydrogens (tertiary/aromatic N) is 3. The molecule has 1 aliphatic rings. The van der Waals surface area contributed by atoms with Crippen molar-refractivity contribution in [3.63, 3.8) is 0 Å². The van der Waals surface area contributed by atoms with E-state index in [1.807, 2.05) is 12.1 Å². The molecule has 0 aliphatic carbocycles. The molecule has 1 amide bonds. The second kappa shape index (κ2) is 8.49. The van der Waals surface area contributed by atoms with Gasteiger partial charge >= 0.3 is 0 Å². The number of anilines is 2. The molecule has 1 N–H and O–H groups in total.